The van der Waals surface area contributed by atoms with Crippen LogP contribution in [0, 0.1) is 0 Å². The Bertz CT molecular complexity index is 285. The lowest BCUT2D eigenvalue weighted by molar-refractivity contribution is -0.0462. The van der Waals surface area contributed by atoms with Crippen molar-refractivity contribution in [3.63, 3.8) is 0 Å². The molecule has 2 rings (SSSR count). The third-order valence-electron chi connectivity index (χ3n) is 2.52. The van der Waals surface area contributed by atoms with Gasteiger partial charge in [-0.25, -0.2) is 0 Å². The lowest BCUT2D eigenvalue weighted by atomic mass is 9.78. The van der Waals surface area contributed by atoms with E-state index in [0.717, 1.165) is 29.4 Å². The Morgan fingerprint density at radius 3 is 2.67 bits per heavy atom. The van der Waals surface area contributed by atoms with Crippen molar-refractivity contribution in [1.29, 1.82) is 0 Å². The van der Waals surface area contributed by atoms with Crippen LogP contribution in [-0.2, 0) is 12.6 Å². The molecule has 1 N–H and O–H groups in total. The van der Waals surface area contributed by atoms with Crippen molar-refractivity contribution in [2.75, 3.05) is 0 Å². The molecule has 4 heteroatoms. The molecular weight excluding hydrogens is 220 g/mol. The average Bonchev–Trinajstić information content (AvgIpc) is 2.27. The molecule has 66 valence electrons. The van der Waals surface area contributed by atoms with Crippen LogP contribution in [0.15, 0.2) is 10.7 Å². The summed E-state index contributed by atoms with van der Waals surface area (Å²) in [5, 5.41) is 14.1. The first-order valence-corrected chi connectivity index (χ1v) is 4.83. The topological polar surface area (TPSA) is 38.0 Å². The first kappa shape index (κ1) is 8.26. The van der Waals surface area contributed by atoms with Gasteiger partial charge in [0.2, 0.25) is 0 Å². The molecule has 0 spiro atoms. The van der Waals surface area contributed by atoms with E-state index in [-0.39, 0.29) is 0 Å². The Kier molecular flexibility index (Phi) is 1.77. The van der Waals surface area contributed by atoms with Crippen molar-refractivity contribution < 1.29 is 5.11 Å². The number of hydrogen-bond donors (Lipinski definition) is 1. The van der Waals surface area contributed by atoms with E-state index < -0.39 is 5.60 Å². The highest BCUT2D eigenvalue weighted by atomic mass is 79.9. The molecule has 0 aliphatic heterocycles. The molecule has 1 aliphatic carbocycles. The Labute approximate surface area is 79.5 Å². The van der Waals surface area contributed by atoms with Crippen LogP contribution >= 0.6 is 15.9 Å². The van der Waals surface area contributed by atoms with Crippen LogP contribution in [0.25, 0.3) is 0 Å². The van der Waals surface area contributed by atoms with Crippen LogP contribution in [0.5, 0.6) is 0 Å². The number of aryl methyl sites for hydroxylation is 1. The normalized spacial score (nSPS) is 20.6. The summed E-state index contributed by atoms with van der Waals surface area (Å²) in [6, 6.07) is 0. The molecular formula is C8H11BrN2O. The van der Waals surface area contributed by atoms with Gasteiger partial charge in [-0.2, -0.15) is 5.10 Å². The highest BCUT2D eigenvalue weighted by Gasteiger charge is 2.40. The number of nitrogens with zero attached hydrogens (tertiary/aromatic N) is 2. The largest absolute Gasteiger partial charge is 0.384 e. The van der Waals surface area contributed by atoms with Gasteiger partial charge in [0.1, 0.15) is 5.60 Å². The molecule has 1 saturated carbocycles. The molecule has 0 unspecified atom stereocenters. The maximum Gasteiger partial charge on any atom is 0.107 e. The van der Waals surface area contributed by atoms with Gasteiger partial charge in [0, 0.05) is 7.05 Å². The molecule has 1 aliphatic rings. The number of hydrogen-bond acceptors (Lipinski definition) is 2. The summed E-state index contributed by atoms with van der Waals surface area (Å²) in [7, 11) is 1.86. The second-order valence-electron chi connectivity index (χ2n) is 3.35. The number of rotatable bonds is 1. The first-order chi connectivity index (χ1) is 5.63. The minimum absolute atomic E-state index is 0.621. The van der Waals surface area contributed by atoms with Crippen LogP contribution in [0.1, 0.15) is 25.0 Å². The summed E-state index contributed by atoms with van der Waals surface area (Å²) >= 11 is 3.38. The average molecular weight is 231 g/mol. The molecule has 0 aromatic carbocycles. The zero-order valence-corrected chi connectivity index (χ0v) is 8.50. The van der Waals surface area contributed by atoms with Gasteiger partial charge in [-0.15, -0.1) is 0 Å². The molecule has 0 amide bonds. The fourth-order valence-electron chi connectivity index (χ4n) is 1.68. The Morgan fingerprint density at radius 2 is 2.33 bits per heavy atom. The maximum absolute atomic E-state index is 10.0. The molecule has 1 fully saturated rings. The van der Waals surface area contributed by atoms with Crippen molar-refractivity contribution in [2.45, 2.75) is 24.9 Å². The summed E-state index contributed by atoms with van der Waals surface area (Å²) < 4.78 is 2.65. The van der Waals surface area contributed by atoms with Crippen LogP contribution in [0.3, 0.4) is 0 Å². The highest BCUT2D eigenvalue weighted by Crippen LogP contribution is 2.43. The maximum atomic E-state index is 10.0. The minimum Gasteiger partial charge on any atom is -0.384 e. The predicted molar refractivity (Wildman–Crippen MR) is 48.7 cm³/mol. The predicted octanol–water partition coefficient (Wildman–Crippen LogP) is 1.55. The van der Waals surface area contributed by atoms with E-state index in [0.29, 0.717) is 0 Å². The summed E-state index contributed by atoms with van der Waals surface area (Å²) in [4.78, 5) is 0. The van der Waals surface area contributed by atoms with Crippen LogP contribution < -0.4 is 0 Å². The smallest absolute Gasteiger partial charge is 0.107 e. The Balaban J connectivity index is 2.44. The monoisotopic (exact) mass is 230 g/mol. The number of halogens is 1. The quantitative estimate of drug-likeness (QED) is 0.796. The zero-order chi connectivity index (χ0) is 8.77. The summed E-state index contributed by atoms with van der Waals surface area (Å²) in [6.07, 6.45) is 4.54. The van der Waals surface area contributed by atoms with Gasteiger partial charge in [-0.05, 0) is 35.2 Å². The van der Waals surface area contributed by atoms with E-state index in [9.17, 15) is 5.11 Å². The van der Waals surface area contributed by atoms with Gasteiger partial charge in [0.15, 0.2) is 0 Å². The van der Waals surface area contributed by atoms with Crippen molar-refractivity contribution in [3.05, 3.63) is 16.4 Å². The number of aliphatic hydroxyl groups is 1. The van der Waals surface area contributed by atoms with Crippen molar-refractivity contribution in [2.24, 2.45) is 7.05 Å². The molecule has 1 heterocycles. The molecule has 0 saturated heterocycles. The molecule has 12 heavy (non-hydrogen) atoms. The van der Waals surface area contributed by atoms with Crippen molar-refractivity contribution in [3.8, 4) is 0 Å². The van der Waals surface area contributed by atoms with E-state index in [1.54, 1.807) is 10.9 Å². The third kappa shape index (κ3) is 1.02. The van der Waals surface area contributed by atoms with Gasteiger partial charge in [0.05, 0.1) is 16.4 Å². The van der Waals surface area contributed by atoms with Crippen molar-refractivity contribution in [1.82, 2.24) is 9.78 Å². The second kappa shape index (κ2) is 2.57. The third-order valence-corrected chi connectivity index (χ3v) is 3.10. The fraction of sp³-hybridized carbons (Fsp3) is 0.625. The minimum atomic E-state index is -0.621. The summed E-state index contributed by atoms with van der Waals surface area (Å²) in [6.45, 7) is 0. The Morgan fingerprint density at radius 1 is 1.67 bits per heavy atom. The second-order valence-corrected chi connectivity index (χ2v) is 4.20. The van der Waals surface area contributed by atoms with E-state index >= 15 is 0 Å². The summed E-state index contributed by atoms with van der Waals surface area (Å²) in [5.41, 5.74) is 0.290. The highest BCUT2D eigenvalue weighted by molar-refractivity contribution is 9.10. The van der Waals surface area contributed by atoms with Gasteiger partial charge in [0.25, 0.3) is 0 Å². The van der Waals surface area contributed by atoms with Crippen LogP contribution in [-0.4, -0.2) is 14.9 Å². The number of aromatic nitrogens is 2. The summed E-state index contributed by atoms with van der Waals surface area (Å²) in [5.74, 6) is 0. The Hall–Kier alpha value is -0.350. The molecule has 1 aromatic rings. The standard InChI is InChI=1S/C8H11BrN2O/c1-11-7(6(9)5-10-11)8(12)3-2-4-8/h5,12H,2-4H2,1H3. The SMILES string of the molecule is Cn1ncc(Br)c1C1(O)CCC1. The fourth-order valence-corrected chi connectivity index (χ4v) is 2.40. The molecule has 0 atom stereocenters. The lowest BCUT2D eigenvalue weighted by Crippen LogP contribution is -2.36. The van der Waals surface area contributed by atoms with Crippen molar-refractivity contribution >= 4 is 15.9 Å². The van der Waals surface area contributed by atoms with E-state index in [4.69, 9.17) is 0 Å². The molecule has 3 nitrogen and oxygen atoms in total. The van der Waals surface area contributed by atoms with E-state index in [1.807, 2.05) is 7.05 Å². The van der Waals surface area contributed by atoms with Gasteiger partial charge in [-0.3, -0.25) is 4.68 Å². The van der Waals surface area contributed by atoms with Gasteiger partial charge >= 0.3 is 0 Å². The first-order valence-electron chi connectivity index (χ1n) is 4.04. The zero-order valence-electron chi connectivity index (χ0n) is 6.92. The van der Waals surface area contributed by atoms with E-state index in [2.05, 4.69) is 21.0 Å². The molecule has 0 radical (unpaired) electrons. The van der Waals surface area contributed by atoms with Gasteiger partial charge < -0.3 is 5.11 Å². The lowest BCUT2D eigenvalue weighted by Gasteiger charge is -2.36. The molecule has 0 bridgehead atoms. The van der Waals surface area contributed by atoms with Gasteiger partial charge in [-0.1, -0.05) is 0 Å². The van der Waals surface area contributed by atoms with Crippen LogP contribution in [0.4, 0.5) is 0 Å². The van der Waals surface area contributed by atoms with Crippen LogP contribution in [0.2, 0.25) is 0 Å². The van der Waals surface area contributed by atoms with E-state index in [1.165, 1.54) is 0 Å². The molecule has 1 aromatic heterocycles.